The van der Waals surface area contributed by atoms with Gasteiger partial charge in [-0.25, -0.2) is 0 Å². The van der Waals surface area contributed by atoms with Gasteiger partial charge in [0.1, 0.15) is 0 Å². The van der Waals surface area contributed by atoms with E-state index in [1.54, 1.807) is 13.3 Å². The molecule has 0 aliphatic heterocycles. The van der Waals surface area contributed by atoms with Crippen molar-refractivity contribution in [2.75, 3.05) is 0 Å². The van der Waals surface area contributed by atoms with Gasteiger partial charge >= 0.3 is 102 Å². The van der Waals surface area contributed by atoms with Gasteiger partial charge in [-0.2, -0.15) is 0 Å². The molecule has 0 aromatic heterocycles. The third-order valence-electron chi connectivity index (χ3n) is 3.52. The summed E-state index contributed by atoms with van der Waals surface area (Å²) >= 11 is -1.85. The minimum absolute atomic E-state index is 0. The second kappa shape index (κ2) is 12.0. The zero-order valence-electron chi connectivity index (χ0n) is 11.1. The SMILES string of the molecule is C.C=[CH][Sn]([CH2]CCC)([CH2]CCC)[CH2]CCC. The molecule has 0 atom stereocenters. The van der Waals surface area contributed by atoms with Crippen molar-refractivity contribution in [1.82, 2.24) is 0 Å². The van der Waals surface area contributed by atoms with E-state index >= 15 is 0 Å². The quantitative estimate of drug-likeness (QED) is 0.418. The fourth-order valence-corrected chi connectivity index (χ4v) is 15.2. The third kappa shape index (κ3) is 7.75. The fraction of sp³-hybridized carbons (Fsp3) is 0.867. The molecular formula is C15H34Sn. The molecule has 0 saturated heterocycles. The van der Waals surface area contributed by atoms with Gasteiger partial charge in [0.25, 0.3) is 0 Å². The van der Waals surface area contributed by atoms with Crippen LogP contribution in [0.4, 0.5) is 0 Å². The van der Waals surface area contributed by atoms with Crippen LogP contribution in [0.15, 0.2) is 10.7 Å². The molecule has 0 N–H and O–H groups in total. The van der Waals surface area contributed by atoms with Crippen molar-refractivity contribution in [3.05, 3.63) is 10.7 Å². The maximum absolute atomic E-state index is 4.19. The molecule has 0 fully saturated rings. The van der Waals surface area contributed by atoms with E-state index in [1.165, 1.54) is 38.5 Å². The molecule has 0 amide bonds. The van der Waals surface area contributed by atoms with Gasteiger partial charge in [0, 0.05) is 0 Å². The first-order chi connectivity index (χ1) is 7.24. The standard InChI is InChI=1S/3C4H9.C2H3.CH4.Sn/c3*1-3-4-2;1-2;;/h3*1,3-4H2,2H3;1H,2H2;1H4;. The predicted molar refractivity (Wildman–Crippen MR) is 81.8 cm³/mol. The number of hydrogen-bond acceptors (Lipinski definition) is 0. The van der Waals surface area contributed by atoms with Gasteiger partial charge in [0.15, 0.2) is 0 Å². The van der Waals surface area contributed by atoms with Crippen LogP contribution in [0.5, 0.6) is 0 Å². The Bertz CT molecular complexity index is 130. The first-order valence-corrected chi connectivity index (χ1v) is 14.6. The molecular weight excluding hydrogens is 299 g/mol. The topological polar surface area (TPSA) is 0 Å². The number of unbranched alkanes of at least 4 members (excludes halogenated alkanes) is 3. The molecule has 0 spiro atoms. The molecule has 0 aliphatic carbocycles. The van der Waals surface area contributed by atoms with E-state index in [-0.39, 0.29) is 7.43 Å². The van der Waals surface area contributed by atoms with Crippen LogP contribution in [0.25, 0.3) is 0 Å². The Morgan fingerprint density at radius 1 is 0.812 bits per heavy atom. The first-order valence-electron chi connectivity index (χ1n) is 6.88. The van der Waals surface area contributed by atoms with Crippen molar-refractivity contribution < 1.29 is 0 Å². The molecule has 0 aliphatic rings. The molecule has 0 rings (SSSR count). The predicted octanol–water partition coefficient (Wildman–Crippen LogP) is 6.20. The van der Waals surface area contributed by atoms with E-state index in [0.29, 0.717) is 0 Å². The summed E-state index contributed by atoms with van der Waals surface area (Å²) in [7, 11) is 0. The third-order valence-corrected chi connectivity index (χ3v) is 17.5. The van der Waals surface area contributed by atoms with Crippen LogP contribution < -0.4 is 0 Å². The summed E-state index contributed by atoms with van der Waals surface area (Å²) in [5.41, 5.74) is 0. The Labute approximate surface area is 109 Å². The summed E-state index contributed by atoms with van der Waals surface area (Å²) in [6.45, 7) is 11.1. The fourth-order valence-electron chi connectivity index (χ4n) is 2.27. The molecule has 0 bridgehead atoms. The van der Waals surface area contributed by atoms with E-state index in [2.05, 4.69) is 31.4 Å². The molecule has 0 aromatic carbocycles. The van der Waals surface area contributed by atoms with E-state index in [0.717, 1.165) is 0 Å². The summed E-state index contributed by atoms with van der Waals surface area (Å²) in [5, 5.41) is 0. The van der Waals surface area contributed by atoms with E-state index in [9.17, 15) is 0 Å². The second-order valence-corrected chi connectivity index (χ2v) is 18.1. The zero-order chi connectivity index (χ0) is 11.6. The van der Waals surface area contributed by atoms with Gasteiger partial charge in [0.05, 0.1) is 0 Å². The van der Waals surface area contributed by atoms with E-state index in [1.807, 2.05) is 0 Å². The van der Waals surface area contributed by atoms with Crippen LogP contribution in [0.1, 0.15) is 66.7 Å². The average molecular weight is 333 g/mol. The van der Waals surface area contributed by atoms with Gasteiger partial charge in [-0.1, -0.05) is 7.43 Å². The Kier molecular flexibility index (Phi) is 14.2. The minimum atomic E-state index is -1.85. The molecule has 0 nitrogen and oxygen atoms in total. The Morgan fingerprint density at radius 2 is 1.12 bits per heavy atom. The van der Waals surface area contributed by atoms with Crippen molar-refractivity contribution in [3.8, 4) is 0 Å². The molecule has 0 heterocycles. The maximum atomic E-state index is 4.19. The second-order valence-electron chi connectivity index (χ2n) is 4.88. The molecule has 0 unspecified atom stereocenters. The van der Waals surface area contributed by atoms with Crippen LogP contribution in [0, 0.1) is 0 Å². The van der Waals surface area contributed by atoms with Crippen LogP contribution in [0.2, 0.25) is 13.3 Å². The number of rotatable bonds is 10. The monoisotopic (exact) mass is 334 g/mol. The summed E-state index contributed by atoms with van der Waals surface area (Å²) in [6.07, 6.45) is 8.46. The van der Waals surface area contributed by atoms with Gasteiger partial charge in [-0.05, 0) is 0 Å². The molecule has 1 heteroatoms. The normalized spacial score (nSPS) is 10.9. The van der Waals surface area contributed by atoms with Crippen molar-refractivity contribution in [3.63, 3.8) is 0 Å². The van der Waals surface area contributed by atoms with Crippen molar-refractivity contribution in [1.29, 1.82) is 0 Å². The molecule has 0 saturated carbocycles. The van der Waals surface area contributed by atoms with E-state index in [4.69, 9.17) is 0 Å². The van der Waals surface area contributed by atoms with Gasteiger partial charge in [-0.15, -0.1) is 0 Å². The van der Waals surface area contributed by atoms with Crippen LogP contribution in [-0.4, -0.2) is 18.4 Å². The molecule has 0 aromatic rings. The zero-order valence-corrected chi connectivity index (χ0v) is 14.0. The summed E-state index contributed by atoms with van der Waals surface area (Å²) < 4.78 is 7.16. The first kappa shape index (κ1) is 18.9. The van der Waals surface area contributed by atoms with Crippen LogP contribution in [0.3, 0.4) is 0 Å². The van der Waals surface area contributed by atoms with Crippen LogP contribution >= 0.6 is 0 Å². The Morgan fingerprint density at radius 3 is 1.31 bits per heavy atom. The Balaban J connectivity index is 0. The molecule has 16 heavy (non-hydrogen) atoms. The summed E-state index contributed by atoms with van der Waals surface area (Å²) in [4.78, 5) is 0. The summed E-state index contributed by atoms with van der Waals surface area (Å²) in [6, 6.07) is 0. The Hall–Kier alpha value is 0.539. The molecule has 98 valence electrons. The van der Waals surface area contributed by atoms with Gasteiger partial charge < -0.3 is 0 Å². The van der Waals surface area contributed by atoms with E-state index < -0.39 is 18.4 Å². The van der Waals surface area contributed by atoms with Gasteiger partial charge in [-0.3, -0.25) is 0 Å². The van der Waals surface area contributed by atoms with Gasteiger partial charge in [0.2, 0.25) is 0 Å². The molecule has 0 radical (unpaired) electrons. The average Bonchev–Trinajstić information content (AvgIpc) is 2.29. The van der Waals surface area contributed by atoms with Crippen molar-refractivity contribution in [2.24, 2.45) is 0 Å². The summed E-state index contributed by atoms with van der Waals surface area (Å²) in [5.74, 6) is 0. The number of hydrogen-bond donors (Lipinski definition) is 0. The van der Waals surface area contributed by atoms with Crippen molar-refractivity contribution in [2.45, 2.75) is 80.0 Å². The van der Waals surface area contributed by atoms with Crippen molar-refractivity contribution >= 4 is 18.4 Å². The van der Waals surface area contributed by atoms with Crippen LogP contribution in [-0.2, 0) is 0 Å².